The van der Waals surface area contributed by atoms with Crippen LogP contribution in [-0.2, 0) is 4.74 Å². The van der Waals surface area contributed by atoms with Crippen LogP contribution in [0.2, 0.25) is 0 Å². The minimum atomic E-state index is -4.80. The molecule has 0 atom stereocenters. The van der Waals surface area contributed by atoms with Gasteiger partial charge in [0.25, 0.3) is 0 Å². The Bertz CT molecular complexity index is 188. The van der Waals surface area contributed by atoms with Crippen LogP contribution in [0.4, 0.5) is 18.0 Å². The summed E-state index contributed by atoms with van der Waals surface area (Å²) in [5.74, 6) is 0. The first-order chi connectivity index (χ1) is 4.88. The van der Waals surface area contributed by atoms with Crippen LogP contribution in [0.15, 0.2) is 4.99 Å². The zero-order valence-electron chi connectivity index (χ0n) is 5.28. The Morgan fingerprint density at radius 3 is 2.27 bits per heavy atom. The Labute approximate surface area is 64.8 Å². The van der Waals surface area contributed by atoms with Gasteiger partial charge in [-0.15, -0.1) is 0 Å². The van der Waals surface area contributed by atoms with E-state index in [1.807, 2.05) is 0 Å². The highest BCUT2D eigenvalue weighted by Crippen LogP contribution is 2.19. The van der Waals surface area contributed by atoms with Crippen molar-refractivity contribution in [3.63, 3.8) is 0 Å². The minimum Gasteiger partial charge on any atom is -0.451 e. The molecule has 0 radical (unpaired) electrons. The average Bonchev–Trinajstić information content (AvgIpc) is 1.85. The van der Waals surface area contributed by atoms with E-state index < -0.39 is 17.4 Å². The summed E-state index contributed by atoms with van der Waals surface area (Å²) in [5, 5.41) is -1.75. The highest BCUT2D eigenvalue weighted by molar-refractivity contribution is 6.67. The smallest absolute Gasteiger partial charge is 0.444 e. The van der Waals surface area contributed by atoms with Gasteiger partial charge in [0, 0.05) is 0 Å². The number of rotatable bonds is 0. The van der Waals surface area contributed by atoms with Gasteiger partial charge in [0.2, 0.25) is 5.17 Å². The summed E-state index contributed by atoms with van der Waals surface area (Å²) in [6.45, 7) is 0. The Morgan fingerprint density at radius 2 is 2.00 bits per heavy atom. The molecule has 0 unspecified atom stereocenters. The second-order valence-electron chi connectivity index (χ2n) is 1.37. The number of carbonyl (C=O) groups is 1. The number of aliphatic imine (C=N–C) groups is 1. The highest BCUT2D eigenvalue weighted by Gasteiger charge is 2.35. The zero-order valence-corrected chi connectivity index (χ0v) is 6.03. The van der Waals surface area contributed by atoms with Gasteiger partial charge in [-0.25, -0.2) is 4.79 Å². The van der Waals surface area contributed by atoms with Gasteiger partial charge in [-0.1, -0.05) is 11.6 Å². The van der Waals surface area contributed by atoms with E-state index in [2.05, 4.69) is 21.3 Å². The monoisotopic (exact) mass is 189 g/mol. The number of carbonyl (C=O) groups excluding carboxylic acids is 1. The van der Waals surface area contributed by atoms with Crippen molar-refractivity contribution in [2.45, 2.75) is 6.18 Å². The van der Waals surface area contributed by atoms with E-state index in [1.54, 1.807) is 0 Å². The topological polar surface area (TPSA) is 38.7 Å². The van der Waals surface area contributed by atoms with E-state index in [1.165, 1.54) is 0 Å². The highest BCUT2D eigenvalue weighted by atomic mass is 35.5. The maximum Gasteiger partial charge on any atom is 0.444 e. The number of alkyl halides is 3. The zero-order chi connectivity index (χ0) is 9.07. The SMILES string of the molecule is COC(=O)/N=C(\Cl)C(F)(F)F. The van der Waals surface area contributed by atoms with Crippen molar-refractivity contribution < 1.29 is 22.7 Å². The van der Waals surface area contributed by atoms with Gasteiger partial charge >= 0.3 is 12.3 Å². The van der Waals surface area contributed by atoms with E-state index in [0.717, 1.165) is 7.11 Å². The number of halogens is 4. The van der Waals surface area contributed by atoms with Gasteiger partial charge in [0.1, 0.15) is 0 Å². The number of hydrogen-bond donors (Lipinski definition) is 0. The number of hydrogen-bond acceptors (Lipinski definition) is 2. The first-order valence-electron chi connectivity index (χ1n) is 2.27. The lowest BCUT2D eigenvalue weighted by molar-refractivity contribution is -0.0560. The number of ether oxygens (including phenoxy) is 1. The van der Waals surface area contributed by atoms with Crippen LogP contribution < -0.4 is 0 Å². The lowest BCUT2D eigenvalue weighted by Crippen LogP contribution is -2.18. The summed E-state index contributed by atoms with van der Waals surface area (Å²) in [7, 11) is 0.895. The molecule has 0 N–H and O–H groups in total. The van der Waals surface area contributed by atoms with Gasteiger partial charge < -0.3 is 4.74 Å². The molecule has 64 valence electrons. The first kappa shape index (κ1) is 10.2. The van der Waals surface area contributed by atoms with Crippen LogP contribution in [0.1, 0.15) is 0 Å². The fraction of sp³-hybridized carbons (Fsp3) is 0.500. The molecule has 11 heavy (non-hydrogen) atoms. The molecule has 0 spiro atoms. The van der Waals surface area contributed by atoms with E-state index in [0.29, 0.717) is 0 Å². The normalized spacial score (nSPS) is 13.0. The van der Waals surface area contributed by atoms with Crippen molar-refractivity contribution in [2.75, 3.05) is 7.11 Å². The third kappa shape index (κ3) is 3.82. The van der Waals surface area contributed by atoms with Gasteiger partial charge in [0.05, 0.1) is 7.11 Å². The maximum absolute atomic E-state index is 11.5. The third-order valence-electron chi connectivity index (χ3n) is 0.598. The molecule has 0 aromatic heterocycles. The molecule has 0 saturated carbocycles. The lowest BCUT2D eigenvalue weighted by atomic mass is 10.7. The van der Waals surface area contributed by atoms with Crippen molar-refractivity contribution in [1.29, 1.82) is 0 Å². The van der Waals surface area contributed by atoms with Crippen molar-refractivity contribution in [1.82, 2.24) is 0 Å². The fourth-order valence-electron chi connectivity index (χ4n) is 0.189. The molecule has 0 aliphatic heterocycles. The van der Waals surface area contributed by atoms with Crippen molar-refractivity contribution in [3.8, 4) is 0 Å². The molecule has 1 amide bonds. The largest absolute Gasteiger partial charge is 0.451 e. The van der Waals surface area contributed by atoms with Crippen molar-refractivity contribution in [3.05, 3.63) is 0 Å². The molecule has 7 heteroatoms. The average molecular weight is 190 g/mol. The summed E-state index contributed by atoms with van der Waals surface area (Å²) in [6.07, 6.45) is -6.18. The summed E-state index contributed by atoms with van der Waals surface area (Å²) < 4.78 is 38.2. The molecule has 0 fully saturated rings. The molecule has 0 aromatic rings. The molecule has 0 aliphatic carbocycles. The lowest BCUT2D eigenvalue weighted by Gasteiger charge is -2.00. The van der Waals surface area contributed by atoms with Crippen LogP contribution in [-0.4, -0.2) is 24.6 Å². The van der Waals surface area contributed by atoms with E-state index >= 15 is 0 Å². The van der Waals surface area contributed by atoms with Crippen molar-refractivity contribution in [2.24, 2.45) is 4.99 Å². The molecule has 0 saturated heterocycles. The second-order valence-corrected chi connectivity index (χ2v) is 1.73. The Balaban J connectivity index is 4.35. The van der Waals surface area contributed by atoms with E-state index in [-0.39, 0.29) is 0 Å². The quantitative estimate of drug-likeness (QED) is 0.547. The molecule has 0 rings (SSSR count). The van der Waals surface area contributed by atoms with Gasteiger partial charge in [-0.2, -0.15) is 18.2 Å². The fourth-order valence-corrected chi connectivity index (χ4v) is 0.258. The van der Waals surface area contributed by atoms with Crippen molar-refractivity contribution >= 4 is 22.9 Å². The molecule has 3 nitrogen and oxygen atoms in total. The predicted molar refractivity (Wildman–Crippen MR) is 31.7 cm³/mol. The van der Waals surface area contributed by atoms with Crippen LogP contribution in [0.3, 0.4) is 0 Å². The van der Waals surface area contributed by atoms with E-state index in [4.69, 9.17) is 0 Å². The second kappa shape index (κ2) is 3.56. The van der Waals surface area contributed by atoms with Gasteiger partial charge in [0.15, 0.2) is 0 Å². The molecular formula is C4H3ClF3NO2. The Morgan fingerprint density at radius 1 is 1.55 bits per heavy atom. The van der Waals surface area contributed by atoms with Crippen LogP contribution in [0.5, 0.6) is 0 Å². The molecule has 0 aromatic carbocycles. The maximum atomic E-state index is 11.5. The first-order valence-corrected chi connectivity index (χ1v) is 2.65. The Hall–Kier alpha value is -0.780. The summed E-state index contributed by atoms with van der Waals surface area (Å²) in [5.41, 5.74) is 0. The summed E-state index contributed by atoms with van der Waals surface area (Å²) >= 11 is 4.55. The third-order valence-corrected chi connectivity index (χ3v) is 0.897. The predicted octanol–water partition coefficient (Wildman–Crippen LogP) is 1.95. The van der Waals surface area contributed by atoms with Crippen LogP contribution in [0.25, 0.3) is 0 Å². The standard InChI is InChI=1S/C4H3ClF3NO2/c1-11-3(10)9-2(5)4(6,7)8/h1H3/b9-2-. The van der Waals surface area contributed by atoms with E-state index in [9.17, 15) is 18.0 Å². The van der Waals surface area contributed by atoms with Gasteiger partial charge in [-0.3, -0.25) is 0 Å². The number of amides is 1. The molecular weight excluding hydrogens is 186 g/mol. The molecule has 0 heterocycles. The summed E-state index contributed by atoms with van der Waals surface area (Å²) in [4.78, 5) is 12.4. The molecule has 0 bridgehead atoms. The van der Waals surface area contributed by atoms with Crippen LogP contribution in [0, 0.1) is 0 Å². The molecule has 0 aliphatic rings. The van der Waals surface area contributed by atoms with Gasteiger partial charge in [-0.05, 0) is 0 Å². The van der Waals surface area contributed by atoms with Crippen LogP contribution >= 0.6 is 11.6 Å². The minimum absolute atomic E-state index is 0.895. The summed E-state index contributed by atoms with van der Waals surface area (Å²) in [6, 6.07) is 0. The number of methoxy groups -OCH3 is 1. The number of nitrogens with zero attached hydrogens (tertiary/aromatic N) is 1. The Kier molecular flexibility index (Phi) is 3.31.